The molecule has 4 rings (SSSR count). The first kappa shape index (κ1) is 15.6. The van der Waals surface area contributed by atoms with Crippen LogP contribution in [0.3, 0.4) is 0 Å². The van der Waals surface area contributed by atoms with Gasteiger partial charge in [0.1, 0.15) is 5.82 Å². The number of hydrogen-bond acceptors (Lipinski definition) is 3. The maximum Gasteiger partial charge on any atom is 0.112 e. The first-order chi connectivity index (χ1) is 11.4. The molecule has 1 N–H and O–H groups in total. The van der Waals surface area contributed by atoms with Gasteiger partial charge < -0.3 is 14.8 Å². The maximum absolute atomic E-state index is 5.20. The van der Waals surface area contributed by atoms with Crippen molar-refractivity contribution in [1.82, 2.24) is 19.8 Å². The van der Waals surface area contributed by atoms with Gasteiger partial charge in [-0.15, -0.1) is 0 Å². The van der Waals surface area contributed by atoms with Gasteiger partial charge in [0, 0.05) is 31.1 Å². The molecule has 2 saturated heterocycles. The third-order valence-electron chi connectivity index (χ3n) is 6.16. The zero-order valence-corrected chi connectivity index (χ0v) is 14.5. The third kappa shape index (κ3) is 3.63. The predicted octanol–water partition coefficient (Wildman–Crippen LogP) is 3.10. The molecule has 1 aromatic heterocycles. The summed E-state index contributed by atoms with van der Waals surface area (Å²) >= 11 is 0. The molecule has 0 bridgehead atoms. The van der Waals surface area contributed by atoms with Crippen LogP contribution in [0.2, 0.25) is 0 Å². The molecule has 0 aromatic carbocycles. The molecule has 0 radical (unpaired) electrons. The fourth-order valence-corrected chi connectivity index (χ4v) is 4.49. The fraction of sp³-hybridized carbons (Fsp3) is 0.842. The molecule has 3 aliphatic rings. The lowest BCUT2D eigenvalue weighted by Crippen LogP contribution is -2.39. The lowest BCUT2D eigenvalue weighted by molar-refractivity contribution is 0.173. The molecule has 4 heteroatoms. The Morgan fingerprint density at radius 1 is 0.913 bits per heavy atom. The van der Waals surface area contributed by atoms with Crippen molar-refractivity contribution in [3.8, 4) is 0 Å². The van der Waals surface area contributed by atoms with E-state index in [-0.39, 0.29) is 0 Å². The first-order valence-corrected chi connectivity index (χ1v) is 9.90. The Morgan fingerprint density at radius 3 is 2.39 bits per heavy atom. The minimum atomic E-state index is 0.671. The highest BCUT2D eigenvalue weighted by Crippen LogP contribution is 2.34. The van der Waals surface area contributed by atoms with E-state index in [1.54, 1.807) is 0 Å². The van der Waals surface area contributed by atoms with E-state index >= 15 is 0 Å². The largest absolute Gasteiger partial charge is 0.333 e. The van der Waals surface area contributed by atoms with Gasteiger partial charge in [-0.25, -0.2) is 4.98 Å². The van der Waals surface area contributed by atoms with Crippen LogP contribution in [0.1, 0.15) is 74.7 Å². The van der Waals surface area contributed by atoms with E-state index in [1.807, 2.05) is 0 Å². The number of nitrogens with zero attached hydrogens (tertiary/aromatic N) is 3. The SMILES string of the molecule is c1c(C2CCCCC2)nc(C2CCNCC2)n1CCN1CCC1. The summed E-state index contributed by atoms with van der Waals surface area (Å²) in [6, 6.07) is 0. The number of piperidine rings is 1. The summed E-state index contributed by atoms with van der Waals surface area (Å²) in [5, 5.41) is 3.50. The van der Waals surface area contributed by atoms with E-state index in [4.69, 9.17) is 4.98 Å². The molecule has 0 atom stereocenters. The van der Waals surface area contributed by atoms with Crippen molar-refractivity contribution >= 4 is 0 Å². The number of rotatable bonds is 5. The summed E-state index contributed by atoms with van der Waals surface area (Å²) in [5.41, 5.74) is 1.40. The molecular formula is C19H32N4. The highest BCUT2D eigenvalue weighted by molar-refractivity contribution is 5.14. The lowest BCUT2D eigenvalue weighted by atomic mass is 9.87. The van der Waals surface area contributed by atoms with Crippen LogP contribution in [0.5, 0.6) is 0 Å². The van der Waals surface area contributed by atoms with Crippen LogP contribution in [0.25, 0.3) is 0 Å². The van der Waals surface area contributed by atoms with Gasteiger partial charge in [-0.2, -0.15) is 0 Å². The zero-order valence-electron chi connectivity index (χ0n) is 14.5. The van der Waals surface area contributed by atoms with Crippen molar-refractivity contribution in [1.29, 1.82) is 0 Å². The molecule has 0 amide bonds. The second-order valence-electron chi connectivity index (χ2n) is 7.77. The molecular weight excluding hydrogens is 284 g/mol. The molecule has 1 saturated carbocycles. The Hall–Kier alpha value is -0.870. The van der Waals surface area contributed by atoms with E-state index in [0.717, 1.165) is 25.6 Å². The van der Waals surface area contributed by atoms with Gasteiger partial charge in [0.05, 0.1) is 5.69 Å². The van der Waals surface area contributed by atoms with Gasteiger partial charge in [0.15, 0.2) is 0 Å². The molecule has 23 heavy (non-hydrogen) atoms. The standard InChI is InChI=1S/C19H32N4/c1-2-5-16(6-3-1)18-15-23(14-13-22-11-4-12-22)19(21-18)17-7-9-20-10-8-17/h15-17,20H,1-14H2. The maximum atomic E-state index is 5.20. The number of aromatic nitrogens is 2. The molecule has 1 aliphatic carbocycles. The number of hydrogen-bond donors (Lipinski definition) is 1. The average molecular weight is 316 g/mol. The van der Waals surface area contributed by atoms with Crippen LogP contribution in [0.4, 0.5) is 0 Å². The Kier molecular flexibility index (Phi) is 5.00. The van der Waals surface area contributed by atoms with Crippen molar-refractivity contribution in [2.45, 2.75) is 69.7 Å². The number of nitrogens with one attached hydrogen (secondary N) is 1. The second kappa shape index (κ2) is 7.35. The predicted molar refractivity (Wildman–Crippen MR) is 94.0 cm³/mol. The van der Waals surface area contributed by atoms with Crippen molar-refractivity contribution in [2.75, 3.05) is 32.7 Å². The molecule has 128 valence electrons. The normalized spacial score (nSPS) is 24.7. The van der Waals surface area contributed by atoms with Crippen molar-refractivity contribution < 1.29 is 0 Å². The molecule has 3 heterocycles. The van der Waals surface area contributed by atoms with Crippen molar-refractivity contribution in [2.24, 2.45) is 0 Å². The topological polar surface area (TPSA) is 33.1 Å². The molecule has 4 nitrogen and oxygen atoms in total. The van der Waals surface area contributed by atoms with Gasteiger partial charge in [-0.1, -0.05) is 19.3 Å². The second-order valence-corrected chi connectivity index (χ2v) is 7.77. The molecule has 1 aromatic rings. The average Bonchev–Trinajstić information content (AvgIpc) is 2.99. The molecule has 3 fully saturated rings. The first-order valence-electron chi connectivity index (χ1n) is 9.90. The number of imidazole rings is 1. The van der Waals surface area contributed by atoms with Crippen LogP contribution in [-0.4, -0.2) is 47.2 Å². The van der Waals surface area contributed by atoms with Gasteiger partial charge in [0.2, 0.25) is 0 Å². The van der Waals surface area contributed by atoms with E-state index in [1.165, 1.54) is 82.5 Å². The molecule has 2 aliphatic heterocycles. The number of likely N-dealkylation sites (tertiary alicyclic amines) is 1. The Morgan fingerprint density at radius 2 is 1.70 bits per heavy atom. The summed E-state index contributed by atoms with van der Waals surface area (Å²) in [7, 11) is 0. The summed E-state index contributed by atoms with van der Waals surface area (Å²) < 4.78 is 2.53. The minimum absolute atomic E-state index is 0.671. The monoisotopic (exact) mass is 316 g/mol. The van der Waals surface area contributed by atoms with Gasteiger partial charge in [0.25, 0.3) is 0 Å². The fourth-order valence-electron chi connectivity index (χ4n) is 4.49. The quantitative estimate of drug-likeness (QED) is 0.906. The highest BCUT2D eigenvalue weighted by atomic mass is 15.2. The minimum Gasteiger partial charge on any atom is -0.333 e. The van der Waals surface area contributed by atoms with Crippen LogP contribution in [0.15, 0.2) is 6.20 Å². The lowest BCUT2D eigenvalue weighted by Gasteiger charge is -2.31. The van der Waals surface area contributed by atoms with Gasteiger partial charge >= 0.3 is 0 Å². The van der Waals surface area contributed by atoms with Crippen LogP contribution in [-0.2, 0) is 6.54 Å². The van der Waals surface area contributed by atoms with Gasteiger partial charge in [-0.3, -0.25) is 0 Å². The zero-order chi connectivity index (χ0) is 15.5. The van der Waals surface area contributed by atoms with E-state index in [9.17, 15) is 0 Å². The van der Waals surface area contributed by atoms with E-state index < -0.39 is 0 Å². The van der Waals surface area contributed by atoms with E-state index in [2.05, 4.69) is 21.0 Å². The highest BCUT2D eigenvalue weighted by Gasteiger charge is 2.25. The van der Waals surface area contributed by atoms with Gasteiger partial charge in [-0.05, 0) is 58.3 Å². The summed E-state index contributed by atoms with van der Waals surface area (Å²) in [5.74, 6) is 2.80. The van der Waals surface area contributed by atoms with Crippen molar-refractivity contribution in [3.63, 3.8) is 0 Å². The van der Waals surface area contributed by atoms with Crippen LogP contribution >= 0.6 is 0 Å². The Bertz CT molecular complexity index is 493. The summed E-state index contributed by atoms with van der Waals surface area (Å²) in [4.78, 5) is 7.77. The molecule has 0 spiro atoms. The summed E-state index contributed by atoms with van der Waals surface area (Å²) in [6.45, 7) is 7.25. The summed E-state index contributed by atoms with van der Waals surface area (Å²) in [6.07, 6.45) is 13.3. The van der Waals surface area contributed by atoms with E-state index in [0.29, 0.717) is 5.92 Å². The van der Waals surface area contributed by atoms with Crippen molar-refractivity contribution in [3.05, 3.63) is 17.7 Å². The third-order valence-corrected chi connectivity index (χ3v) is 6.16. The molecule has 0 unspecified atom stereocenters. The Labute approximate surface area is 140 Å². The van der Waals surface area contributed by atoms with Crippen LogP contribution in [0, 0.1) is 0 Å². The smallest absolute Gasteiger partial charge is 0.112 e. The van der Waals surface area contributed by atoms with Crippen LogP contribution < -0.4 is 5.32 Å². The Balaban J connectivity index is 1.51.